The second-order valence-corrected chi connectivity index (χ2v) is 5.43. The smallest absolute Gasteiger partial charge is 0.133 e. The van der Waals surface area contributed by atoms with Gasteiger partial charge in [0.1, 0.15) is 11.5 Å². The van der Waals surface area contributed by atoms with Gasteiger partial charge in [0, 0.05) is 12.8 Å². The van der Waals surface area contributed by atoms with Gasteiger partial charge in [0.25, 0.3) is 0 Å². The van der Waals surface area contributed by atoms with Gasteiger partial charge in [-0.1, -0.05) is 51.3 Å². The quantitative estimate of drug-likeness (QED) is 0.593. The monoisotopic (exact) mass is 276 g/mol. The molecule has 2 heteroatoms. The van der Waals surface area contributed by atoms with Crippen molar-refractivity contribution in [2.24, 2.45) is 0 Å². The van der Waals surface area contributed by atoms with Crippen molar-refractivity contribution >= 4 is 5.78 Å². The number of carbonyl (C=O) groups excluding carboxylic acids is 1. The van der Waals surface area contributed by atoms with E-state index in [1.807, 2.05) is 18.2 Å². The van der Waals surface area contributed by atoms with Crippen LogP contribution in [0.5, 0.6) is 5.75 Å². The molecule has 0 saturated carbocycles. The third-order valence-electron chi connectivity index (χ3n) is 3.77. The van der Waals surface area contributed by atoms with Crippen LogP contribution in [0, 0.1) is 0 Å². The molecular weight excluding hydrogens is 248 g/mol. The Morgan fingerprint density at radius 2 is 1.85 bits per heavy atom. The fourth-order valence-corrected chi connectivity index (χ4v) is 2.57. The number of ketones is 1. The first kappa shape index (κ1) is 16.7. The van der Waals surface area contributed by atoms with Crippen molar-refractivity contribution in [3.05, 3.63) is 29.8 Å². The van der Waals surface area contributed by atoms with Gasteiger partial charge in [0.15, 0.2) is 0 Å². The van der Waals surface area contributed by atoms with Crippen LogP contribution in [0.15, 0.2) is 24.3 Å². The van der Waals surface area contributed by atoms with Gasteiger partial charge in [-0.15, -0.1) is 0 Å². The van der Waals surface area contributed by atoms with Gasteiger partial charge in [0.2, 0.25) is 0 Å². The molecule has 0 aromatic heterocycles. The van der Waals surface area contributed by atoms with Crippen LogP contribution >= 0.6 is 0 Å². The molecule has 1 aromatic carbocycles. The molecule has 1 aromatic rings. The van der Waals surface area contributed by atoms with E-state index in [1.165, 1.54) is 5.56 Å². The topological polar surface area (TPSA) is 26.3 Å². The number of hydrogen-bond acceptors (Lipinski definition) is 2. The minimum Gasteiger partial charge on any atom is -0.496 e. The lowest BCUT2D eigenvalue weighted by Crippen LogP contribution is -2.08. The molecule has 0 bridgehead atoms. The summed E-state index contributed by atoms with van der Waals surface area (Å²) in [4.78, 5) is 12.1. The molecule has 112 valence electrons. The molecule has 0 N–H and O–H groups in total. The summed E-state index contributed by atoms with van der Waals surface area (Å²) in [5, 5.41) is 0. The first-order chi connectivity index (χ1) is 9.72. The maximum atomic E-state index is 12.1. The summed E-state index contributed by atoms with van der Waals surface area (Å²) in [5.74, 6) is 1.60. The molecule has 0 amide bonds. The highest BCUT2D eigenvalue weighted by molar-refractivity contribution is 5.79. The Hall–Kier alpha value is -1.31. The fraction of sp³-hybridized carbons (Fsp3) is 0.611. The second kappa shape index (κ2) is 9.57. The lowest BCUT2D eigenvalue weighted by atomic mass is 9.87. The average Bonchev–Trinajstić information content (AvgIpc) is 2.49. The van der Waals surface area contributed by atoms with Gasteiger partial charge >= 0.3 is 0 Å². The van der Waals surface area contributed by atoms with Crippen molar-refractivity contribution in [2.75, 3.05) is 7.11 Å². The highest BCUT2D eigenvalue weighted by Gasteiger charge is 2.18. The molecule has 0 radical (unpaired) electrons. The van der Waals surface area contributed by atoms with Gasteiger partial charge < -0.3 is 4.74 Å². The summed E-state index contributed by atoms with van der Waals surface area (Å²) < 4.78 is 5.46. The molecule has 0 aliphatic heterocycles. The Labute approximate surface area is 123 Å². The summed E-state index contributed by atoms with van der Waals surface area (Å²) in [6.45, 7) is 4.32. The lowest BCUT2D eigenvalue weighted by molar-refractivity contribution is -0.119. The summed E-state index contributed by atoms with van der Waals surface area (Å²) in [6, 6.07) is 8.11. The minimum absolute atomic E-state index is 0.301. The van der Waals surface area contributed by atoms with Crippen molar-refractivity contribution in [3.8, 4) is 5.75 Å². The van der Waals surface area contributed by atoms with E-state index < -0.39 is 0 Å². The number of rotatable bonds is 10. The molecule has 20 heavy (non-hydrogen) atoms. The first-order valence-electron chi connectivity index (χ1n) is 7.87. The van der Waals surface area contributed by atoms with Crippen molar-refractivity contribution in [1.82, 2.24) is 0 Å². The van der Waals surface area contributed by atoms with Gasteiger partial charge in [-0.25, -0.2) is 0 Å². The Morgan fingerprint density at radius 3 is 2.50 bits per heavy atom. The third-order valence-corrected chi connectivity index (χ3v) is 3.77. The lowest BCUT2D eigenvalue weighted by Gasteiger charge is -2.19. The summed E-state index contributed by atoms with van der Waals surface area (Å²) in [7, 11) is 1.70. The SMILES string of the molecule is CCCCC(=O)C[C@H](CCCC)c1ccccc1OC. The number of Topliss-reactive ketones (excluding diaryl/α,β-unsaturated/α-hetero) is 1. The van der Waals surface area contributed by atoms with Crippen LogP contribution in [0.3, 0.4) is 0 Å². The Balaban J connectivity index is 2.79. The molecule has 0 aliphatic rings. The molecule has 2 nitrogen and oxygen atoms in total. The van der Waals surface area contributed by atoms with Crippen LogP contribution < -0.4 is 4.74 Å². The molecule has 0 saturated heterocycles. The Bertz CT molecular complexity index is 398. The summed E-state index contributed by atoms with van der Waals surface area (Å²) in [5.41, 5.74) is 1.19. The predicted molar refractivity (Wildman–Crippen MR) is 84.4 cm³/mol. The minimum atomic E-state index is 0.301. The van der Waals surface area contributed by atoms with E-state index in [1.54, 1.807) is 7.11 Å². The van der Waals surface area contributed by atoms with E-state index in [4.69, 9.17) is 4.74 Å². The number of para-hydroxylation sites is 1. The van der Waals surface area contributed by atoms with Crippen LogP contribution in [0.25, 0.3) is 0 Å². The predicted octanol–water partition coefficient (Wildman–Crippen LogP) is 5.12. The molecule has 1 rings (SSSR count). The number of hydrogen-bond donors (Lipinski definition) is 0. The van der Waals surface area contributed by atoms with Crippen LogP contribution in [-0.4, -0.2) is 12.9 Å². The van der Waals surface area contributed by atoms with Crippen LogP contribution in [0.1, 0.15) is 70.3 Å². The van der Waals surface area contributed by atoms with Gasteiger partial charge in [-0.2, -0.15) is 0 Å². The van der Waals surface area contributed by atoms with Crippen molar-refractivity contribution < 1.29 is 9.53 Å². The van der Waals surface area contributed by atoms with E-state index in [0.29, 0.717) is 24.5 Å². The molecular formula is C18H28O2. The number of methoxy groups -OCH3 is 1. The van der Waals surface area contributed by atoms with E-state index >= 15 is 0 Å². The van der Waals surface area contributed by atoms with Crippen LogP contribution in [-0.2, 0) is 4.79 Å². The molecule has 0 fully saturated rings. The Morgan fingerprint density at radius 1 is 1.15 bits per heavy atom. The number of benzene rings is 1. The molecule has 0 unspecified atom stereocenters. The maximum Gasteiger partial charge on any atom is 0.133 e. The average molecular weight is 276 g/mol. The van der Waals surface area contributed by atoms with Gasteiger partial charge in [-0.05, 0) is 30.4 Å². The highest BCUT2D eigenvalue weighted by atomic mass is 16.5. The Kier molecular flexibility index (Phi) is 8.01. The fourth-order valence-electron chi connectivity index (χ4n) is 2.57. The maximum absolute atomic E-state index is 12.1. The highest BCUT2D eigenvalue weighted by Crippen LogP contribution is 2.33. The second-order valence-electron chi connectivity index (χ2n) is 5.43. The van der Waals surface area contributed by atoms with E-state index in [0.717, 1.165) is 37.9 Å². The normalized spacial score (nSPS) is 12.2. The van der Waals surface area contributed by atoms with Gasteiger partial charge in [-0.3, -0.25) is 4.79 Å². The number of ether oxygens (including phenoxy) is 1. The molecule has 1 atom stereocenters. The third kappa shape index (κ3) is 5.36. The summed E-state index contributed by atoms with van der Waals surface area (Å²) in [6.07, 6.45) is 6.84. The number of carbonyl (C=O) groups is 1. The van der Waals surface area contributed by atoms with Crippen molar-refractivity contribution in [2.45, 2.75) is 64.7 Å². The standard InChI is InChI=1S/C18H28O2/c1-4-6-10-15(14-16(19)11-7-5-2)17-12-8-9-13-18(17)20-3/h8-9,12-13,15H,4-7,10-11,14H2,1-3H3/t15-/m0/s1. The zero-order valence-corrected chi connectivity index (χ0v) is 13.2. The molecule has 0 aliphatic carbocycles. The summed E-state index contributed by atoms with van der Waals surface area (Å²) >= 11 is 0. The largest absolute Gasteiger partial charge is 0.496 e. The van der Waals surface area contributed by atoms with E-state index in [-0.39, 0.29) is 0 Å². The van der Waals surface area contributed by atoms with Gasteiger partial charge in [0.05, 0.1) is 7.11 Å². The molecule has 0 spiro atoms. The van der Waals surface area contributed by atoms with Crippen LogP contribution in [0.2, 0.25) is 0 Å². The van der Waals surface area contributed by atoms with Crippen LogP contribution in [0.4, 0.5) is 0 Å². The zero-order chi connectivity index (χ0) is 14.8. The number of unbranched alkanes of at least 4 members (excludes halogenated alkanes) is 2. The molecule has 0 heterocycles. The first-order valence-corrected chi connectivity index (χ1v) is 7.87. The van der Waals surface area contributed by atoms with Crippen molar-refractivity contribution in [1.29, 1.82) is 0 Å². The zero-order valence-electron chi connectivity index (χ0n) is 13.2. The van der Waals surface area contributed by atoms with E-state index in [2.05, 4.69) is 19.9 Å². The van der Waals surface area contributed by atoms with Crippen molar-refractivity contribution in [3.63, 3.8) is 0 Å². The van der Waals surface area contributed by atoms with E-state index in [9.17, 15) is 4.79 Å².